The Morgan fingerprint density at radius 1 is 1.31 bits per heavy atom. The first-order valence-electron chi connectivity index (χ1n) is 10.0. The topological polar surface area (TPSA) is 91.8 Å². The Balaban J connectivity index is 0.000000360. The van der Waals surface area contributed by atoms with Gasteiger partial charge in [-0.1, -0.05) is 12.1 Å². The Hall–Kier alpha value is -2.50. The zero-order valence-corrected chi connectivity index (χ0v) is 18.0. The van der Waals surface area contributed by atoms with Crippen molar-refractivity contribution < 1.29 is 32.6 Å². The van der Waals surface area contributed by atoms with Crippen molar-refractivity contribution in [2.45, 2.75) is 19.1 Å². The van der Waals surface area contributed by atoms with Crippen LogP contribution in [0.3, 0.4) is 0 Å². The summed E-state index contributed by atoms with van der Waals surface area (Å²) in [6, 6.07) is 10.1. The van der Waals surface area contributed by atoms with Crippen LogP contribution in [-0.4, -0.2) is 65.9 Å². The van der Waals surface area contributed by atoms with Crippen molar-refractivity contribution >= 4 is 23.2 Å². The number of pyridine rings is 1. The number of ether oxygens (including phenoxy) is 1. The standard InChI is InChI=1S/C19H23N3O2S.C2HF3O2/c23-18(21-8-6-17-5-3-9-25-17)19-13-22(10-15(19)12-24-14-19)11-16-4-1-2-7-20-16;3-2(4,5)1(6)7/h1-5,7,9,15H,6,8,10-14H2,(H,21,23);(H,6,7)/t15-,19-;/m1./s1. The molecule has 2 fully saturated rings. The second kappa shape index (κ2) is 10.4. The highest BCUT2D eigenvalue weighted by atomic mass is 32.1. The number of carbonyl (C=O) groups is 2. The molecule has 11 heteroatoms. The Morgan fingerprint density at radius 3 is 2.72 bits per heavy atom. The summed E-state index contributed by atoms with van der Waals surface area (Å²) in [6.07, 6.45) is -2.37. The van der Waals surface area contributed by atoms with Crippen LogP contribution in [-0.2, 0) is 27.3 Å². The minimum Gasteiger partial charge on any atom is -0.475 e. The number of rotatable bonds is 6. The molecule has 0 radical (unpaired) electrons. The van der Waals surface area contributed by atoms with E-state index in [0.29, 0.717) is 19.8 Å². The minimum atomic E-state index is -5.08. The summed E-state index contributed by atoms with van der Waals surface area (Å²) in [7, 11) is 0. The molecule has 0 spiro atoms. The lowest BCUT2D eigenvalue weighted by atomic mass is 9.80. The van der Waals surface area contributed by atoms with E-state index < -0.39 is 17.6 Å². The van der Waals surface area contributed by atoms with Gasteiger partial charge in [-0.15, -0.1) is 11.3 Å². The SMILES string of the molecule is O=C(NCCc1cccs1)[C@]12COC[C@H]1CN(Cc1ccccn1)C2.O=C(O)C(F)(F)F. The van der Waals surface area contributed by atoms with Gasteiger partial charge in [-0.25, -0.2) is 4.79 Å². The van der Waals surface area contributed by atoms with Crippen molar-refractivity contribution in [3.63, 3.8) is 0 Å². The maximum atomic E-state index is 12.9. The van der Waals surface area contributed by atoms with E-state index in [0.717, 1.165) is 31.7 Å². The molecule has 32 heavy (non-hydrogen) atoms. The van der Waals surface area contributed by atoms with Crippen molar-refractivity contribution in [3.05, 3.63) is 52.5 Å². The van der Waals surface area contributed by atoms with Crippen molar-refractivity contribution in [2.75, 3.05) is 32.8 Å². The van der Waals surface area contributed by atoms with Crippen LogP contribution < -0.4 is 5.32 Å². The fourth-order valence-corrected chi connectivity index (χ4v) is 4.64. The number of halogens is 3. The number of thiophene rings is 1. The van der Waals surface area contributed by atoms with E-state index in [-0.39, 0.29) is 11.8 Å². The van der Waals surface area contributed by atoms with Gasteiger partial charge in [0.2, 0.25) is 5.91 Å². The highest BCUT2D eigenvalue weighted by Crippen LogP contribution is 2.42. The van der Waals surface area contributed by atoms with E-state index in [1.54, 1.807) is 11.3 Å². The molecule has 0 bridgehead atoms. The summed E-state index contributed by atoms with van der Waals surface area (Å²) >= 11 is 1.74. The first kappa shape index (κ1) is 24.1. The van der Waals surface area contributed by atoms with Crippen LogP contribution in [0.25, 0.3) is 0 Å². The Morgan fingerprint density at radius 2 is 2.09 bits per heavy atom. The average molecular weight is 472 g/mol. The molecule has 0 unspecified atom stereocenters. The van der Waals surface area contributed by atoms with E-state index >= 15 is 0 Å². The molecule has 4 heterocycles. The smallest absolute Gasteiger partial charge is 0.475 e. The van der Waals surface area contributed by atoms with Crippen LogP contribution >= 0.6 is 11.3 Å². The van der Waals surface area contributed by atoms with Gasteiger partial charge in [0.05, 0.1) is 24.3 Å². The van der Waals surface area contributed by atoms with Gasteiger partial charge in [0.25, 0.3) is 0 Å². The van der Waals surface area contributed by atoms with Crippen LogP contribution in [0.4, 0.5) is 13.2 Å². The van der Waals surface area contributed by atoms with Crippen LogP contribution in [0, 0.1) is 11.3 Å². The number of aromatic nitrogens is 1. The fourth-order valence-electron chi connectivity index (χ4n) is 3.93. The summed E-state index contributed by atoms with van der Waals surface area (Å²) in [6.45, 7) is 4.34. The number of carboxylic acid groups (broad SMARTS) is 1. The number of hydrogen-bond acceptors (Lipinski definition) is 6. The van der Waals surface area contributed by atoms with Crippen molar-refractivity contribution in [2.24, 2.45) is 11.3 Å². The number of aliphatic carboxylic acids is 1. The molecule has 2 N–H and O–H groups in total. The molecule has 0 aliphatic carbocycles. The first-order valence-corrected chi connectivity index (χ1v) is 10.9. The molecular formula is C21H24F3N3O4S. The summed E-state index contributed by atoms with van der Waals surface area (Å²) in [5.74, 6) is -2.33. The third-order valence-electron chi connectivity index (χ3n) is 5.49. The Labute approximate surface area is 187 Å². The molecule has 2 saturated heterocycles. The van der Waals surface area contributed by atoms with Crippen LogP contribution in [0.5, 0.6) is 0 Å². The van der Waals surface area contributed by atoms with Gasteiger partial charge < -0.3 is 15.2 Å². The van der Waals surface area contributed by atoms with Crippen molar-refractivity contribution in [3.8, 4) is 0 Å². The molecule has 2 aromatic rings. The fraction of sp³-hybridized carbons (Fsp3) is 0.476. The lowest BCUT2D eigenvalue weighted by Crippen LogP contribution is -2.47. The number of alkyl halides is 3. The summed E-state index contributed by atoms with van der Waals surface area (Å²) in [5.41, 5.74) is 0.654. The Bertz CT molecular complexity index is 895. The second-order valence-corrected chi connectivity index (χ2v) is 8.78. The van der Waals surface area contributed by atoms with Gasteiger partial charge in [-0.2, -0.15) is 13.2 Å². The Kier molecular flexibility index (Phi) is 7.86. The first-order chi connectivity index (χ1) is 15.2. The number of amides is 1. The van der Waals surface area contributed by atoms with Gasteiger partial charge in [-0.05, 0) is 30.0 Å². The second-order valence-electron chi connectivity index (χ2n) is 7.75. The molecule has 2 aromatic heterocycles. The van der Waals surface area contributed by atoms with Crippen molar-refractivity contribution in [1.29, 1.82) is 0 Å². The van der Waals surface area contributed by atoms with Crippen molar-refractivity contribution in [1.82, 2.24) is 15.2 Å². The lowest BCUT2D eigenvalue weighted by Gasteiger charge is -2.26. The van der Waals surface area contributed by atoms with E-state index in [2.05, 4.69) is 26.6 Å². The molecule has 0 saturated carbocycles. The third kappa shape index (κ3) is 6.05. The molecule has 0 aromatic carbocycles. The molecular weight excluding hydrogens is 447 g/mol. The van der Waals surface area contributed by atoms with Crippen LogP contribution in [0.1, 0.15) is 10.6 Å². The van der Waals surface area contributed by atoms with Gasteiger partial charge in [0.1, 0.15) is 0 Å². The van der Waals surface area contributed by atoms with Crippen LogP contribution in [0.2, 0.25) is 0 Å². The quantitative estimate of drug-likeness (QED) is 0.673. The number of fused-ring (bicyclic) bond motifs is 1. The molecule has 2 aliphatic rings. The monoisotopic (exact) mass is 471 g/mol. The molecule has 7 nitrogen and oxygen atoms in total. The number of carboxylic acids is 1. The lowest BCUT2D eigenvalue weighted by molar-refractivity contribution is -0.192. The molecule has 2 atom stereocenters. The highest BCUT2D eigenvalue weighted by Gasteiger charge is 2.55. The van der Waals surface area contributed by atoms with Gasteiger partial charge >= 0.3 is 12.1 Å². The summed E-state index contributed by atoms with van der Waals surface area (Å²) < 4.78 is 37.4. The molecule has 1 amide bonds. The highest BCUT2D eigenvalue weighted by molar-refractivity contribution is 7.09. The summed E-state index contributed by atoms with van der Waals surface area (Å²) in [4.78, 5) is 29.9. The summed E-state index contributed by atoms with van der Waals surface area (Å²) in [5, 5.41) is 12.4. The van der Waals surface area contributed by atoms with E-state index in [4.69, 9.17) is 14.6 Å². The normalized spacial score (nSPS) is 22.7. The molecule has 2 aliphatic heterocycles. The zero-order valence-electron chi connectivity index (χ0n) is 17.2. The van der Waals surface area contributed by atoms with Gasteiger partial charge in [-0.3, -0.25) is 14.7 Å². The van der Waals surface area contributed by atoms with Gasteiger partial charge in [0, 0.05) is 43.2 Å². The van der Waals surface area contributed by atoms with E-state index in [1.165, 1.54) is 4.88 Å². The van der Waals surface area contributed by atoms with E-state index in [9.17, 15) is 18.0 Å². The maximum Gasteiger partial charge on any atom is 0.490 e. The predicted molar refractivity (Wildman–Crippen MR) is 111 cm³/mol. The van der Waals surface area contributed by atoms with Crippen LogP contribution in [0.15, 0.2) is 41.9 Å². The van der Waals surface area contributed by atoms with Gasteiger partial charge in [0.15, 0.2) is 0 Å². The average Bonchev–Trinajstić information content (AvgIpc) is 3.45. The zero-order chi connectivity index (χ0) is 23.2. The maximum absolute atomic E-state index is 12.9. The number of nitrogens with zero attached hydrogens (tertiary/aromatic N) is 2. The number of hydrogen-bond donors (Lipinski definition) is 2. The minimum absolute atomic E-state index is 0.148. The molecule has 4 rings (SSSR count). The predicted octanol–water partition coefficient (Wildman–Crippen LogP) is 2.58. The van der Waals surface area contributed by atoms with E-state index in [1.807, 2.05) is 30.5 Å². The number of nitrogens with one attached hydrogen (secondary N) is 1. The largest absolute Gasteiger partial charge is 0.490 e. The number of carbonyl (C=O) groups excluding carboxylic acids is 1. The molecule has 174 valence electrons. The number of likely N-dealkylation sites (tertiary alicyclic amines) is 1. The third-order valence-corrected chi connectivity index (χ3v) is 6.42.